The molecule has 0 spiro atoms. The second-order valence-electron chi connectivity index (χ2n) is 4.40. The molecule has 1 aromatic heterocycles. The fourth-order valence-electron chi connectivity index (χ4n) is 1.82. The number of anilines is 2. The van der Waals surface area contributed by atoms with E-state index in [9.17, 15) is 0 Å². The minimum atomic E-state index is 0.165. The monoisotopic (exact) mass is 257 g/mol. The summed E-state index contributed by atoms with van der Waals surface area (Å²) in [6, 6.07) is 12.2. The van der Waals surface area contributed by atoms with E-state index >= 15 is 0 Å². The van der Waals surface area contributed by atoms with Gasteiger partial charge in [-0.3, -0.25) is 4.98 Å². The van der Waals surface area contributed by atoms with Crippen LogP contribution in [0.5, 0.6) is 0 Å². The van der Waals surface area contributed by atoms with E-state index in [0.717, 1.165) is 17.9 Å². The van der Waals surface area contributed by atoms with Gasteiger partial charge in [0.25, 0.3) is 0 Å². The maximum Gasteiger partial charge on any atom is 0.0606 e. The molecule has 2 rings (SSSR count). The number of nitrogens with one attached hydrogen (secondary N) is 1. The molecule has 4 heteroatoms. The Morgan fingerprint density at radius 1 is 1.11 bits per heavy atom. The molecule has 2 N–H and O–H groups in total. The van der Waals surface area contributed by atoms with Gasteiger partial charge in [0.15, 0.2) is 0 Å². The van der Waals surface area contributed by atoms with Crippen molar-refractivity contribution in [1.82, 2.24) is 4.98 Å². The number of rotatable bonds is 6. The van der Waals surface area contributed by atoms with Gasteiger partial charge in [-0.1, -0.05) is 0 Å². The molecule has 0 atom stereocenters. The lowest BCUT2D eigenvalue weighted by atomic mass is 10.2. The molecule has 0 unspecified atom stereocenters. The Kier molecular flexibility index (Phi) is 4.75. The van der Waals surface area contributed by atoms with E-state index in [4.69, 9.17) is 5.11 Å². The first-order valence-corrected chi connectivity index (χ1v) is 6.34. The highest BCUT2D eigenvalue weighted by molar-refractivity contribution is 5.54. The molecule has 0 bridgehead atoms. The van der Waals surface area contributed by atoms with E-state index in [1.807, 2.05) is 48.3 Å². The normalized spacial score (nSPS) is 10.2. The lowest BCUT2D eigenvalue weighted by Crippen LogP contribution is -2.20. The van der Waals surface area contributed by atoms with Gasteiger partial charge in [-0.05, 0) is 42.0 Å². The quantitative estimate of drug-likeness (QED) is 0.832. The Morgan fingerprint density at radius 3 is 2.42 bits per heavy atom. The predicted molar refractivity (Wildman–Crippen MR) is 78.4 cm³/mol. The van der Waals surface area contributed by atoms with E-state index in [1.54, 1.807) is 12.4 Å². The third kappa shape index (κ3) is 3.96. The van der Waals surface area contributed by atoms with Crippen molar-refractivity contribution in [2.45, 2.75) is 6.54 Å². The molecule has 100 valence electrons. The van der Waals surface area contributed by atoms with Gasteiger partial charge in [0.1, 0.15) is 0 Å². The molecule has 0 radical (unpaired) electrons. The molecular formula is C15H19N3O. The Labute approximate surface area is 113 Å². The minimum Gasteiger partial charge on any atom is -0.395 e. The second kappa shape index (κ2) is 6.75. The largest absolute Gasteiger partial charge is 0.395 e. The molecule has 19 heavy (non-hydrogen) atoms. The van der Waals surface area contributed by atoms with Crippen molar-refractivity contribution < 1.29 is 5.11 Å². The number of aliphatic hydroxyl groups excluding tert-OH is 1. The Balaban J connectivity index is 1.92. The molecule has 1 heterocycles. The van der Waals surface area contributed by atoms with E-state index in [1.165, 1.54) is 5.56 Å². The first-order valence-electron chi connectivity index (χ1n) is 6.34. The van der Waals surface area contributed by atoms with Crippen molar-refractivity contribution >= 4 is 11.4 Å². The molecular weight excluding hydrogens is 238 g/mol. The number of aliphatic hydroxyl groups is 1. The average Bonchev–Trinajstić information content (AvgIpc) is 2.47. The fraction of sp³-hybridized carbons (Fsp3) is 0.267. The van der Waals surface area contributed by atoms with Gasteiger partial charge in [0.05, 0.1) is 6.61 Å². The van der Waals surface area contributed by atoms with E-state index < -0.39 is 0 Å². The first-order chi connectivity index (χ1) is 9.29. The van der Waals surface area contributed by atoms with Crippen LogP contribution in [0, 0.1) is 0 Å². The molecule has 0 fully saturated rings. The van der Waals surface area contributed by atoms with Gasteiger partial charge in [-0.2, -0.15) is 0 Å². The van der Waals surface area contributed by atoms with Crippen molar-refractivity contribution in [2.24, 2.45) is 0 Å². The summed E-state index contributed by atoms with van der Waals surface area (Å²) in [6.07, 6.45) is 3.59. The van der Waals surface area contributed by atoms with Crippen LogP contribution in [0.25, 0.3) is 0 Å². The summed E-state index contributed by atoms with van der Waals surface area (Å²) in [5.41, 5.74) is 3.39. The van der Waals surface area contributed by atoms with Crippen LogP contribution in [0.4, 0.5) is 11.4 Å². The third-order valence-electron chi connectivity index (χ3n) is 2.99. The number of benzene rings is 1. The summed E-state index contributed by atoms with van der Waals surface area (Å²) in [5, 5.41) is 12.3. The molecule has 1 aromatic carbocycles. The highest BCUT2D eigenvalue weighted by Crippen LogP contribution is 2.17. The molecule has 0 aliphatic carbocycles. The molecule has 0 saturated carbocycles. The summed E-state index contributed by atoms with van der Waals surface area (Å²) in [5.74, 6) is 0. The Morgan fingerprint density at radius 2 is 1.79 bits per heavy atom. The van der Waals surface area contributed by atoms with Crippen LogP contribution in [0.2, 0.25) is 0 Å². The van der Waals surface area contributed by atoms with Crippen LogP contribution >= 0.6 is 0 Å². The average molecular weight is 257 g/mol. The summed E-state index contributed by atoms with van der Waals surface area (Å²) in [7, 11) is 1.97. The van der Waals surface area contributed by atoms with Gasteiger partial charge in [0.2, 0.25) is 0 Å². The number of aromatic nitrogens is 1. The number of hydrogen-bond donors (Lipinski definition) is 2. The van der Waals surface area contributed by atoms with Crippen LogP contribution in [0.3, 0.4) is 0 Å². The standard InChI is InChI=1S/C15H19N3O/c1-18(10-11-19)15-4-2-14(3-5-15)17-12-13-6-8-16-9-7-13/h2-9,17,19H,10-12H2,1H3. The highest BCUT2D eigenvalue weighted by Gasteiger charge is 2.00. The van der Waals surface area contributed by atoms with Gasteiger partial charge >= 0.3 is 0 Å². The van der Waals surface area contributed by atoms with Gasteiger partial charge in [-0.25, -0.2) is 0 Å². The van der Waals surface area contributed by atoms with Crippen molar-refractivity contribution in [3.05, 3.63) is 54.4 Å². The fourth-order valence-corrected chi connectivity index (χ4v) is 1.82. The zero-order valence-electron chi connectivity index (χ0n) is 11.1. The van der Waals surface area contributed by atoms with Crippen molar-refractivity contribution in [3.8, 4) is 0 Å². The van der Waals surface area contributed by atoms with Crippen LogP contribution in [-0.4, -0.2) is 30.3 Å². The summed E-state index contributed by atoms with van der Waals surface area (Å²) in [4.78, 5) is 6.02. The van der Waals surface area contributed by atoms with Gasteiger partial charge < -0.3 is 15.3 Å². The Hall–Kier alpha value is -2.07. The van der Waals surface area contributed by atoms with Gasteiger partial charge in [-0.15, -0.1) is 0 Å². The van der Waals surface area contributed by atoms with Crippen molar-refractivity contribution in [2.75, 3.05) is 30.4 Å². The maximum atomic E-state index is 8.90. The number of nitrogens with zero attached hydrogens (tertiary/aromatic N) is 2. The van der Waals surface area contributed by atoms with Gasteiger partial charge in [0, 0.05) is 43.9 Å². The molecule has 0 aliphatic heterocycles. The Bertz CT molecular complexity index is 485. The zero-order valence-corrected chi connectivity index (χ0v) is 11.1. The molecule has 0 saturated heterocycles. The number of pyridine rings is 1. The highest BCUT2D eigenvalue weighted by atomic mass is 16.3. The summed E-state index contributed by atoms with van der Waals surface area (Å²) < 4.78 is 0. The molecule has 0 aliphatic rings. The SMILES string of the molecule is CN(CCO)c1ccc(NCc2ccncc2)cc1. The summed E-state index contributed by atoms with van der Waals surface area (Å²) in [6.45, 7) is 1.59. The zero-order chi connectivity index (χ0) is 13.5. The first kappa shape index (κ1) is 13.4. The number of likely N-dealkylation sites (N-methyl/N-ethyl adjacent to an activating group) is 1. The van der Waals surface area contributed by atoms with Crippen LogP contribution in [0.1, 0.15) is 5.56 Å². The third-order valence-corrected chi connectivity index (χ3v) is 2.99. The lowest BCUT2D eigenvalue weighted by molar-refractivity contribution is 0.304. The predicted octanol–water partition coefficient (Wildman–Crippen LogP) is 2.12. The number of hydrogen-bond acceptors (Lipinski definition) is 4. The summed E-state index contributed by atoms with van der Waals surface area (Å²) >= 11 is 0. The topological polar surface area (TPSA) is 48.4 Å². The van der Waals surface area contributed by atoms with Crippen molar-refractivity contribution in [1.29, 1.82) is 0 Å². The van der Waals surface area contributed by atoms with E-state index in [0.29, 0.717) is 6.54 Å². The maximum absolute atomic E-state index is 8.90. The van der Waals surface area contributed by atoms with Crippen LogP contribution < -0.4 is 10.2 Å². The molecule has 0 amide bonds. The molecule has 2 aromatic rings. The lowest BCUT2D eigenvalue weighted by Gasteiger charge is -2.18. The van der Waals surface area contributed by atoms with E-state index in [2.05, 4.69) is 10.3 Å². The van der Waals surface area contributed by atoms with Crippen LogP contribution in [-0.2, 0) is 6.54 Å². The van der Waals surface area contributed by atoms with E-state index in [-0.39, 0.29) is 6.61 Å². The smallest absolute Gasteiger partial charge is 0.0606 e. The van der Waals surface area contributed by atoms with Crippen molar-refractivity contribution in [3.63, 3.8) is 0 Å². The minimum absolute atomic E-state index is 0.165. The molecule has 4 nitrogen and oxygen atoms in total. The van der Waals surface area contributed by atoms with Crippen LogP contribution in [0.15, 0.2) is 48.8 Å². The second-order valence-corrected chi connectivity index (χ2v) is 4.40.